The number of anilines is 1. The number of amides is 2. The van der Waals surface area contributed by atoms with Crippen molar-refractivity contribution in [2.75, 3.05) is 30.5 Å². The molecule has 2 amide bonds. The summed E-state index contributed by atoms with van der Waals surface area (Å²) in [5, 5.41) is 3.26. The fraction of sp³-hybridized carbons (Fsp3) is 0.471. The molecule has 10 heteroatoms. The van der Waals surface area contributed by atoms with Crippen molar-refractivity contribution in [1.82, 2.24) is 9.88 Å². The van der Waals surface area contributed by atoms with Gasteiger partial charge in [0.1, 0.15) is 5.75 Å². The monoisotopic (exact) mass is 409 g/mol. The summed E-state index contributed by atoms with van der Waals surface area (Å²) in [5.41, 5.74) is 0.761. The van der Waals surface area contributed by atoms with Crippen molar-refractivity contribution in [1.29, 1.82) is 0 Å². The fourth-order valence-electron chi connectivity index (χ4n) is 3.57. The van der Waals surface area contributed by atoms with Crippen LogP contribution in [0.25, 0.3) is 10.2 Å². The maximum absolute atomic E-state index is 12.6. The molecule has 2 saturated heterocycles. The minimum atomic E-state index is -3.08. The number of benzene rings is 1. The van der Waals surface area contributed by atoms with Gasteiger partial charge in [0, 0.05) is 19.0 Å². The first kappa shape index (κ1) is 18.2. The average Bonchev–Trinajstić information content (AvgIpc) is 3.30. The average molecular weight is 409 g/mol. The number of methoxy groups -OCH3 is 1. The van der Waals surface area contributed by atoms with Gasteiger partial charge in [0.2, 0.25) is 11.8 Å². The van der Waals surface area contributed by atoms with Crippen LogP contribution in [0.3, 0.4) is 0 Å². The molecular formula is C17H19N3O5S2. The molecule has 2 aliphatic rings. The normalized spacial score (nSPS) is 24.5. The van der Waals surface area contributed by atoms with Crippen LogP contribution in [-0.2, 0) is 19.4 Å². The molecule has 1 aromatic heterocycles. The van der Waals surface area contributed by atoms with Crippen molar-refractivity contribution < 1.29 is 22.7 Å². The topological polar surface area (TPSA) is 106 Å². The standard InChI is InChI=1S/C17H19N3O5S2/c1-25-12-2-3-13-14(7-12)26-17(18-13)19-16(22)10-6-15(21)20(8-10)11-4-5-27(23,24)9-11/h2-3,7,10-11H,4-6,8-9H2,1H3,(H,18,19,22)/t10-,11+/m0/s1. The molecule has 2 aromatic rings. The van der Waals surface area contributed by atoms with Gasteiger partial charge >= 0.3 is 0 Å². The number of nitrogens with zero attached hydrogens (tertiary/aromatic N) is 2. The van der Waals surface area contributed by atoms with Crippen LogP contribution in [0.15, 0.2) is 18.2 Å². The Kier molecular flexibility index (Phi) is 4.55. The molecule has 1 N–H and O–H groups in total. The van der Waals surface area contributed by atoms with Crippen LogP contribution in [0.1, 0.15) is 12.8 Å². The lowest BCUT2D eigenvalue weighted by Crippen LogP contribution is -2.38. The summed E-state index contributed by atoms with van der Waals surface area (Å²) in [4.78, 5) is 30.8. The predicted molar refractivity (Wildman–Crippen MR) is 102 cm³/mol. The lowest BCUT2D eigenvalue weighted by Gasteiger charge is -2.22. The first-order valence-corrected chi connectivity index (χ1v) is 11.2. The van der Waals surface area contributed by atoms with Crippen molar-refractivity contribution in [2.45, 2.75) is 18.9 Å². The third-order valence-electron chi connectivity index (χ3n) is 5.00. The highest BCUT2D eigenvalue weighted by molar-refractivity contribution is 7.91. The van der Waals surface area contributed by atoms with E-state index in [1.54, 1.807) is 18.1 Å². The van der Waals surface area contributed by atoms with E-state index < -0.39 is 15.8 Å². The Morgan fingerprint density at radius 1 is 1.41 bits per heavy atom. The van der Waals surface area contributed by atoms with E-state index >= 15 is 0 Å². The van der Waals surface area contributed by atoms with Crippen LogP contribution in [-0.4, -0.2) is 61.3 Å². The molecule has 144 valence electrons. The first-order chi connectivity index (χ1) is 12.8. The van der Waals surface area contributed by atoms with Crippen LogP contribution in [0.5, 0.6) is 5.75 Å². The van der Waals surface area contributed by atoms with Crippen LogP contribution in [0.4, 0.5) is 5.13 Å². The van der Waals surface area contributed by atoms with Gasteiger partial charge in [0.05, 0.1) is 34.8 Å². The van der Waals surface area contributed by atoms with Gasteiger partial charge < -0.3 is 15.0 Å². The molecule has 0 spiro atoms. The lowest BCUT2D eigenvalue weighted by molar-refractivity contribution is -0.129. The zero-order valence-electron chi connectivity index (χ0n) is 14.7. The van der Waals surface area contributed by atoms with Crippen molar-refractivity contribution in [3.05, 3.63) is 18.2 Å². The van der Waals surface area contributed by atoms with Crippen LogP contribution in [0.2, 0.25) is 0 Å². The number of hydrogen-bond donors (Lipinski definition) is 1. The van der Waals surface area contributed by atoms with E-state index in [4.69, 9.17) is 4.74 Å². The Morgan fingerprint density at radius 2 is 2.22 bits per heavy atom. The minimum Gasteiger partial charge on any atom is -0.497 e. The highest BCUT2D eigenvalue weighted by Crippen LogP contribution is 2.31. The summed E-state index contributed by atoms with van der Waals surface area (Å²) >= 11 is 1.34. The van der Waals surface area contributed by atoms with Gasteiger partial charge in [-0.15, -0.1) is 0 Å². The molecule has 2 aliphatic heterocycles. The van der Waals surface area contributed by atoms with E-state index in [0.717, 1.165) is 10.2 Å². The maximum Gasteiger partial charge on any atom is 0.231 e. The van der Waals surface area contributed by atoms with Gasteiger partial charge in [-0.2, -0.15) is 0 Å². The number of ether oxygens (including phenoxy) is 1. The highest BCUT2D eigenvalue weighted by Gasteiger charge is 2.42. The van der Waals surface area contributed by atoms with Gasteiger partial charge in [0.25, 0.3) is 0 Å². The number of likely N-dealkylation sites (tertiary alicyclic amines) is 1. The van der Waals surface area contributed by atoms with E-state index in [1.807, 2.05) is 12.1 Å². The predicted octanol–water partition coefficient (Wildman–Crippen LogP) is 1.28. The van der Waals surface area contributed by atoms with Crippen LogP contribution < -0.4 is 10.1 Å². The Morgan fingerprint density at radius 3 is 2.93 bits per heavy atom. The molecule has 0 bridgehead atoms. The number of carbonyl (C=O) groups excluding carboxylic acids is 2. The third kappa shape index (κ3) is 3.63. The quantitative estimate of drug-likeness (QED) is 0.815. The molecule has 1 aromatic carbocycles. The Bertz CT molecular complexity index is 1020. The molecule has 0 saturated carbocycles. The number of nitrogens with one attached hydrogen (secondary N) is 1. The van der Waals surface area contributed by atoms with Gasteiger partial charge in [-0.1, -0.05) is 11.3 Å². The molecule has 2 atom stereocenters. The molecule has 8 nitrogen and oxygen atoms in total. The molecule has 0 radical (unpaired) electrons. The third-order valence-corrected chi connectivity index (χ3v) is 7.69. The summed E-state index contributed by atoms with van der Waals surface area (Å²) in [6.45, 7) is 0.254. The van der Waals surface area contributed by atoms with Gasteiger partial charge in [-0.05, 0) is 24.6 Å². The largest absolute Gasteiger partial charge is 0.497 e. The van der Waals surface area contributed by atoms with Gasteiger partial charge in [-0.25, -0.2) is 13.4 Å². The summed E-state index contributed by atoms with van der Waals surface area (Å²) in [5.74, 6) is -0.112. The number of aromatic nitrogens is 1. The number of fused-ring (bicyclic) bond motifs is 1. The van der Waals surface area contributed by atoms with Crippen LogP contribution in [0, 0.1) is 5.92 Å². The van der Waals surface area contributed by atoms with Crippen molar-refractivity contribution >= 4 is 48.3 Å². The van der Waals surface area contributed by atoms with E-state index in [0.29, 0.717) is 17.3 Å². The zero-order valence-corrected chi connectivity index (χ0v) is 16.3. The Labute approximate surface area is 160 Å². The number of thiazole rings is 1. The Hall–Kier alpha value is -2.20. The second-order valence-electron chi connectivity index (χ2n) is 6.85. The first-order valence-electron chi connectivity index (χ1n) is 8.60. The van der Waals surface area contributed by atoms with Crippen LogP contribution >= 0.6 is 11.3 Å². The Balaban J connectivity index is 1.44. The fourth-order valence-corrected chi connectivity index (χ4v) is 6.20. The van der Waals surface area contributed by atoms with E-state index in [1.165, 1.54) is 11.3 Å². The molecule has 0 aliphatic carbocycles. The SMILES string of the molecule is COc1ccc2nc(NC(=O)[C@H]3CC(=O)N([C@@H]4CCS(=O)(=O)C4)C3)sc2c1. The summed E-state index contributed by atoms with van der Waals surface area (Å²) < 4.78 is 29.4. The minimum absolute atomic E-state index is 0.00716. The van der Waals surface area contributed by atoms with Gasteiger partial charge in [-0.3, -0.25) is 9.59 Å². The number of hydrogen-bond acceptors (Lipinski definition) is 7. The molecule has 3 heterocycles. The molecule has 4 rings (SSSR count). The van der Waals surface area contributed by atoms with Crippen molar-refractivity contribution in [3.63, 3.8) is 0 Å². The zero-order chi connectivity index (χ0) is 19.2. The summed E-state index contributed by atoms with van der Waals surface area (Å²) in [6, 6.07) is 5.16. The molecule has 2 fully saturated rings. The molecular weight excluding hydrogens is 390 g/mol. The van der Waals surface area contributed by atoms with Gasteiger partial charge in [0.15, 0.2) is 15.0 Å². The van der Waals surface area contributed by atoms with Crippen molar-refractivity contribution in [2.24, 2.45) is 5.92 Å². The molecule has 27 heavy (non-hydrogen) atoms. The number of rotatable bonds is 4. The second-order valence-corrected chi connectivity index (χ2v) is 10.1. The maximum atomic E-state index is 12.6. The molecule has 0 unspecified atom stereocenters. The smallest absolute Gasteiger partial charge is 0.231 e. The highest BCUT2D eigenvalue weighted by atomic mass is 32.2. The lowest BCUT2D eigenvalue weighted by atomic mass is 10.1. The number of sulfone groups is 1. The summed E-state index contributed by atoms with van der Waals surface area (Å²) in [6.07, 6.45) is 0.545. The van der Waals surface area contributed by atoms with E-state index in [-0.39, 0.29) is 42.3 Å². The van der Waals surface area contributed by atoms with E-state index in [9.17, 15) is 18.0 Å². The summed E-state index contributed by atoms with van der Waals surface area (Å²) in [7, 11) is -1.49. The van der Waals surface area contributed by atoms with E-state index in [2.05, 4.69) is 10.3 Å². The number of carbonyl (C=O) groups is 2. The van der Waals surface area contributed by atoms with Crippen molar-refractivity contribution in [3.8, 4) is 5.75 Å². The second kappa shape index (κ2) is 6.75.